The van der Waals surface area contributed by atoms with Crippen molar-refractivity contribution in [3.8, 4) is 16.9 Å². The lowest BCUT2D eigenvalue weighted by atomic mass is 9.97. The number of amides is 2. The Labute approximate surface area is 216 Å². The van der Waals surface area contributed by atoms with E-state index in [-0.39, 0.29) is 29.6 Å². The zero-order valence-electron chi connectivity index (χ0n) is 22.5. The second-order valence-corrected chi connectivity index (χ2v) is 10.4. The molecule has 1 N–H and O–H groups in total. The highest BCUT2D eigenvalue weighted by molar-refractivity contribution is 5.89. The molecule has 2 heterocycles. The normalized spacial score (nSPS) is 14.3. The maximum absolute atomic E-state index is 15.7. The van der Waals surface area contributed by atoms with Crippen molar-refractivity contribution in [3.05, 3.63) is 64.4 Å². The van der Waals surface area contributed by atoms with Gasteiger partial charge in [0.05, 0.1) is 34.8 Å². The molecule has 0 aliphatic carbocycles. The van der Waals surface area contributed by atoms with Gasteiger partial charge in [-0.3, -0.25) is 9.59 Å². The second-order valence-electron chi connectivity index (χ2n) is 10.4. The molecule has 37 heavy (non-hydrogen) atoms. The lowest BCUT2D eigenvalue weighted by Gasteiger charge is -2.33. The molecular weight excluding hydrogens is 474 g/mol. The number of nitrogens with zero attached hydrogens (tertiary/aromatic N) is 3. The molecule has 0 fully saturated rings. The lowest BCUT2D eigenvalue weighted by Crippen LogP contribution is -2.43. The van der Waals surface area contributed by atoms with Crippen LogP contribution in [0.5, 0.6) is 0 Å². The average Bonchev–Trinajstić information content (AvgIpc) is 3.33. The Bertz CT molecular complexity index is 1370. The predicted molar refractivity (Wildman–Crippen MR) is 140 cm³/mol. The smallest absolute Gasteiger partial charge is 0.226 e. The number of hydrogen-bond donors (Lipinski definition) is 1. The fourth-order valence-corrected chi connectivity index (χ4v) is 5.18. The van der Waals surface area contributed by atoms with E-state index in [4.69, 9.17) is 5.10 Å². The van der Waals surface area contributed by atoms with E-state index < -0.39 is 23.1 Å². The highest BCUT2D eigenvalue weighted by Crippen LogP contribution is 2.45. The van der Waals surface area contributed by atoms with E-state index in [1.165, 1.54) is 6.92 Å². The summed E-state index contributed by atoms with van der Waals surface area (Å²) in [6.45, 7) is 13.1. The van der Waals surface area contributed by atoms with Gasteiger partial charge in [0, 0.05) is 30.0 Å². The minimum Gasteiger partial charge on any atom is -0.327 e. The quantitative estimate of drug-likeness (QED) is 0.435. The molecule has 6 nitrogen and oxygen atoms in total. The van der Waals surface area contributed by atoms with Gasteiger partial charge < -0.3 is 10.2 Å². The SMILES string of the molecule is CCc1cccc(CC)c1-n1nc2c(c1-c1cc(F)c(NC(C)=O)cc1F)CN(C(=O)C(C)C)C2(C)C. The number of anilines is 1. The molecule has 0 atom stereocenters. The van der Waals surface area contributed by atoms with Crippen LogP contribution in [0.1, 0.15) is 70.9 Å². The van der Waals surface area contributed by atoms with Gasteiger partial charge in [-0.15, -0.1) is 0 Å². The van der Waals surface area contributed by atoms with Gasteiger partial charge in [-0.2, -0.15) is 5.10 Å². The van der Waals surface area contributed by atoms with Crippen molar-refractivity contribution in [2.45, 2.75) is 73.4 Å². The summed E-state index contributed by atoms with van der Waals surface area (Å²) in [4.78, 5) is 26.4. The van der Waals surface area contributed by atoms with E-state index in [0.29, 0.717) is 17.0 Å². The Balaban J connectivity index is 2.05. The van der Waals surface area contributed by atoms with Gasteiger partial charge >= 0.3 is 0 Å². The topological polar surface area (TPSA) is 67.2 Å². The third-order valence-electron chi connectivity index (χ3n) is 7.11. The summed E-state index contributed by atoms with van der Waals surface area (Å²) in [5.74, 6) is -2.19. The number of benzene rings is 2. The minimum absolute atomic E-state index is 0.0305. The largest absolute Gasteiger partial charge is 0.327 e. The molecule has 1 aliphatic heterocycles. The van der Waals surface area contributed by atoms with Crippen LogP contribution in [0.2, 0.25) is 0 Å². The maximum Gasteiger partial charge on any atom is 0.226 e. The zero-order valence-corrected chi connectivity index (χ0v) is 22.5. The van der Waals surface area contributed by atoms with Gasteiger partial charge in [-0.05, 0) is 43.9 Å². The van der Waals surface area contributed by atoms with Crippen molar-refractivity contribution in [2.75, 3.05) is 5.32 Å². The van der Waals surface area contributed by atoms with Gasteiger partial charge in [0.15, 0.2) is 0 Å². The van der Waals surface area contributed by atoms with Gasteiger partial charge in [0.1, 0.15) is 11.6 Å². The van der Waals surface area contributed by atoms with E-state index in [1.807, 2.05) is 59.7 Å². The second kappa shape index (κ2) is 9.72. The van der Waals surface area contributed by atoms with Gasteiger partial charge in [-0.25, -0.2) is 13.5 Å². The van der Waals surface area contributed by atoms with Crippen molar-refractivity contribution < 1.29 is 18.4 Å². The first-order chi connectivity index (χ1) is 17.4. The van der Waals surface area contributed by atoms with E-state index in [2.05, 4.69) is 5.32 Å². The van der Waals surface area contributed by atoms with E-state index in [1.54, 1.807) is 9.58 Å². The molecule has 0 radical (unpaired) electrons. The zero-order chi connectivity index (χ0) is 27.2. The molecule has 0 saturated heterocycles. The van der Waals surface area contributed by atoms with Gasteiger partial charge in [0.25, 0.3) is 0 Å². The third kappa shape index (κ3) is 4.43. The standard InChI is InChI=1S/C29H34F2N4O2/c1-8-18-11-10-12-19(9-2)25(18)35-26(20-13-23(31)24(14-22(20)30)32-17(5)36)21-15-34(28(37)16(3)4)29(6,7)27(21)33-35/h10-14,16H,8-9,15H2,1-7H3,(H,32,36). The fraction of sp³-hybridized carbons (Fsp3) is 0.414. The maximum atomic E-state index is 15.7. The first-order valence-electron chi connectivity index (χ1n) is 12.7. The fourth-order valence-electron chi connectivity index (χ4n) is 5.18. The van der Waals surface area contributed by atoms with Crippen molar-refractivity contribution in [3.63, 3.8) is 0 Å². The van der Waals surface area contributed by atoms with Crippen molar-refractivity contribution in [2.24, 2.45) is 5.92 Å². The number of aromatic nitrogens is 2. The molecule has 4 rings (SSSR count). The van der Waals surface area contributed by atoms with Crippen LogP contribution in [0.3, 0.4) is 0 Å². The number of rotatable bonds is 6. The molecule has 0 spiro atoms. The van der Waals surface area contributed by atoms with E-state index in [0.717, 1.165) is 41.8 Å². The summed E-state index contributed by atoms with van der Waals surface area (Å²) in [7, 11) is 0. The Hall–Kier alpha value is -3.55. The lowest BCUT2D eigenvalue weighted by molar-refractivity contribution is -0.140. The van der Waals surface area contributed by atoms with Crippen molar-refractivity contribution in [1.29, 1.82) is 0 Å². The molecule has 196 valence electrons. The molecule has 0 bridgehead atoms. The molecule has 1 aromatic heterocycles. The summed E-state index contributed by atoms with van der Waals surface area (Å²) in [5.41, 5.74) is 3.75. The number of fused-ring (bicyclic) bond motifs is 1. The van der Waals surface area contributed by atoms with Crippen LogP contribution in [0, 0.1) is 17.6 Å². The molecule has 2 aromatic carbocycles. The number of halogens is 2. The molecule has 8 heteroatoms. The first kappa shape index (κ1) is 26.5. The Morgan fingerprint density at radius 1 is 1.08 bits per heavy atom. The monoisotopic (exact) mass is 508 g/mol. The van der Waals surface area contributed by atoms with Crippen LogP contribution < -0.4 is 5.32 Å². The Morgan fingerprint density at radius 2 is 1.70 bits per heavy atom. The van der Waals surface area contributed by atoms with E-state index >= 15 is 8.78 Å². The van der Waals surface area contributed by atoms with Crippen LogP contribution in [0.4, 0.5) is 14.5 Å². The van der Waals surface area contributed by atoms with Crippen LogP contribution in [-0.2, 0) is 34.5 Å². The average molecular weight is 509 g/mol. The van der Waals surface area contributed by atoms with Crippen molar-refractivity contribution >= 4 is 17.5 Å². The van der Waals surface area contributed by atoms with Crippen LogP contribution >= 0.6 is 0 Å². The van der Waals surface area contributed by atoms with Crippen LogP contribution in [0.15, 0.2) is 30.3 Å². The summed E-state index contributed by atoms with van der Waals surface area (Å²) in [6, 6.07) is 8.13. The summed E-state index contributed by atoms with van der Waals surface area (Å²) in [5, 5.41) is 7.34. The summed E-state index contributed by atoms with van der Waals surface area (Å²) in [6.07, 6.45) is 1.46. The van der Waals surface area contributed by atoms with Gasteiger partial charge in [0.2, 0.25) is 11.8 Å². The van der Waals surface area contributed by atoms with Crippen LogP contribution in [0.25, 0.3) is 16.9 Å². The molecule has 2 amide bonds. The Kier molecular flexibility index (Phi) is 6.97. The number of para-hydroxylation sites is 1. The molecular formula is C29H34F2N4O2. The first-order valence-corrected chi connectivity index (χ1v) is 12.7. The predicted octanol–water partition coefficient (Wildman–Crippen LogP) is 6.13. The minimum atomic E-state index is -0.750. The number of carbonyl (C=O) groups excluding carboxylic acids is 2. The van der Waals surface area contributed by atoms with E-state index in [9.17, 15) is 9.59 Å². The number of nitrogens with one attached hydrogen (secondary N) is 1. The number of hydrogen-bond acceptors (Lipinski definition) is 3. The Morgan fingerprint density at radius 3 is 2.24 bits per heavy atom. The highest BCUT2D eigenvalue weighted by atomic mass is 19.1. The van der Waals surface area contributed by atoms with Crippen LogP contribution in [-0.4, -0.2) is 26.5 Å². The molecule has 3 aromatic rings. The third-order valence-corrected chi connectivity index (χ3v) is 7.11. The summed E-state index contributed by atoms with van der Waals surface area (Å²) < 4.78 is 32.6. The number of aryl methyl sites for hydroxylation is 2. The molecule has 1 aliphatic rings. The summed E-state index contributed by atoms with van der Waals surface area (Å²) >= 11 is 0. The van der Waals surface area contributed by atoms with Gasteiger partial charge in [-0.1, -0.05) is 45.9 Å². The molecule has 0 saturated carbocycles. The highest BCUT2D eigenvalue weighted by Gasteiger charge is 2.46. The number of carbonyl (C=O) groups is 2. The van der Waals surface area contributed by atoms with Crippen molar-refractivity contribution in [1.82, 2.24) is 14.7 Å². The molecule has 0 unspecified atom stereocenters.